The van der Waals surface area contributed by atoms with Crippen molar-refractivity contribution < 1.29 is 19.1 Å². The molecule has 2 aliphatic heterocycles. The molecular weight excluding hydrogens is 322 g/mol. The summed E-state index contributed by atoms with van der Waals surface area (Å²) >= 11 is 0. The van der Waals surface area contributed by atoms with Gasteiger partial charge in [-0.05, 0) is 37.5 Å². The van der Waals surface area contributed by atoms with Crippen LogP contribution in [0.25, 0.3) is 0 Å². The number of likely N-dealkylation sites (tertiary alicyclic amines) is 1. The molecule has 2 heterocycles. The lowest BCUT2D eigenvalue weighted by Crippen LogP contribution is -2.49. The molecule has 0 unspecified atom stereocenters. The van der Waals surface area contributed by atoms with Gasteiger partial charge in [-0.1, -0.05) is 12.1 Å². The fourth-order valence-corrected chi connectivity index (χ4v) is 3.33. The van der Waals surface area contributed by atoms with E-state index in [0.717, 1.165) is 11.3 Å². The molecule has 7 heteroatoms. The Labute approximate surface area is 146 Å². The topological polar surface area (TPSA) is 79.0 Å². The molecule has 4 amide bonds. The van der Waals surface area contributed by atoms with Gasteiger partial charge in [-0.2, -0.15) is 0 Å². The Morgan fingerprint density at radius 3 is 2.44 bits per heavy atom. The zero-order valence-corrected chi connectivity index (χ0v) is 14.4. The summed E-state index contributed by atoms with van der Waals surface area (Å²) < 4.78 is 5.40. The zero-order valence-electron chi connectivity index (χ0n) is 14.4. The Balaban J connectivity index is 1.51. The van der Waals surface area contributed by atoms with Gasteiger partial charge in [0.2, 0.25) is 11.8 Å². The van der Waals surface area contributed by atoms with Crippen molar-refractivity contribution in [1.29, 1.82) is 0 Å². The normalized spacial score (nSPS) is 18.4. The van der Waals surface area contributed by atoms with E-state index < -0.39 is 0 Å². The van der Waals surface area contributed by atoms with Gasteiger partial charge in [-0.25, -0.2) is 4.79 Å². The van der Waals surface area contributed by atoms with Gasteiger partial charge in [-0.3, -0.25) is 14.5 Å². The maximum Gasteiger partial charge on any atom is 0.324 e. The lowest BCUT2D eigenvalue weighted by Gasteiger charge is -2.35. The maximum absolute atomic E-state index is 12.5. The minimum atomic E-state index is -0.316. The van der Waals surface area contributed by atoms with Crippen LogP contribution in [0.5, 0.6) is 5.75 Å². The van der Waals surface area contributed by atoms with Crippen LogP contribution in [0.4, 0.5) is 4.79 Å². The predicted octanol–water partition coefficient (Wildman–Crippen LogP) is 1.17. The molecule has 0 saturated carbocycles. The lowest BCUT2D eigenvalue weighted by molar-refractivity contribution is -0.132. The number of nitrogens with zero attached hydrogens (tertiary/aromatic N) is 2. The largest absolute Gasteiger partial charge is 0.494 e. The molecular formula is C18H23N3O4. The second-order valence-electron chi connectivity index (χ2n) is 6.29. The molecule has 25 heavy (non-hydrogen) atoms. The van der Waals surface area contributed by atoms with Gasteiger partial charge in [-0.15, -0.1) is 0 Å². The van der Waals surface area contributed by atoms with Crippen LogP contribution in [0.1, 0.15) is 25.3 Å². The fraction of sp³-hybridized carbons (Fsp3) is 0.500. The molecule has 2 aliphatic rings. The number of hydrogen-bond acceptors (Lipinski definition) is 4. The second kappa shape index (κ2) is 7.55. The van der Waals surface area contributed by atoms with Crippen LogP contribution in [0.2, 0.25) is 0 Å². The average molecular weight is 345 g/mol. The van der Waals surface area contributed by atoms with Crippen LogP contribution in [-0.2, 0) is 16.0 Å². The molecule has 0 aromatic heterocycles. The number of hydrogen-bond donors (Lipinski definition) is 1. The molecule has 0 aliphatic carbocycles. The van der Waals surface area contributed by atoms with E-state index >= 15 is 0 Å². The van der Waals surface area contributed by atoms with Crippen molar-refractivity contribution in [2.24, 2.45) is 0 Å². The van der Waals surface area contributed by atoms with Crippen LogP contribution in [0, 0.1) is 0 Å². The van der Waals surface area contributed by atoms with Crippen molar-refractivity contribution in [2.75, 3.05) is 26.2 Å². The first-order valence-corrected chi connectivity index (χ1v) is 8.68. The number of imide groups is 1. The molecule has 1 aromatic rings. The average Bonchev–Trinajstić information content (AvgIpc) is 2.95. The van der Waals surface area contributed by atoms with E-state index in [2.05, 4.69) is 5.32 Å². The highest BCUT2D eigenvalue weighted by molar-refractivity contribution is 6.02. The summed E-state index contributed by atoms with van der Waals surface area (Å²) in [7, 11) is 0. The lowest BCUT2D eigenvalue weighted by atomic mass is 10.0. The van der Waals surface area contributed by atoms with E-state index in [0.29, 0.717) is 39.0 Å². The Bertz CT molecular complexity index is 635. The van der Waals surface area contributed by atoms with Crippen LogP contribution in [-0.4, -0.2) is 59.9 Å². The number of piperidine rings is 1. The van der Waals surface area contributed by atoms with E-state index in [1.807, 2.05) is 36.1 Å². The van der Waals surface area contributed by atoms with Gasteiger partial charge >= 0.3 is 6.03 Å². The molecule has 1 N–H and O–H groups in total. The highest BCUT2D eigenvalue weighted by Crippen LogP contribution is 2.20. The molecule has 7 nitrogen and oxygen atoms in total. The van der Waals surface area contributed by atoms with E-state index in [9.17, 15) is 14.4 Å². The van der Waals surface area contributed by atoms with E-state index in [1.165, 1.54) is 4.90 Å². The number of ether oxygens (including phenoxy) is 1. The Morgan fingerprint density at radius 2 is 1.88 bits per heavy atom. The first kappa shape index (κ1) is 17.3. The van der Waals surface area contributed by atoms with Gasteiger partial charge in [0.1, 0.15) is 5.75 Å². The SMILES string of the molecule is CCOc1ccc(CC(=O)N2CCC(N3C(=O)CNC3=O)CC2)cc1. The van der Waals surface area contributed by atoms with E-state index in [-0.39, 0.29) is 30.4 Å². The summed E-state index contributed by atoms with van der Waals surface area (Å²) in [6, 6.07) is 7.13. The number of carbonyl (C=O) groups excluding carboxylic acids is 3. The van der Waals surface area contributed by atoms with Crippen LogP contribution in [0.3, 0.4) is 0 Å². The smallest absolute Gasteiger partial charge is 0.324 e. The molecule has 2 saturated heterocycles. The standard InChI is InChI=1S/C18H23N3O4/c1-2-25-15-5-3-13(4-6-15)11-16(22)20-9-7-14(8-10-20)21-17(23)12-19-18(21)24/h3-6,14H,2,7-12H2,1H3,(H,19,24). The van der Waals surface area contributed by atoms with Crippen molar-refractivity contribution in [3.8, 4) is 5.75 Å². The number of rotatable bonds is 5. The highest BCUT2D eigenvalue weighted by Gasteiger charge is 2.37. The van der Waals surface area contributed by atoms with Crippen molar-refractivity contribution >= 4 is 17.8 Å². The minimum absolute atomic E-state index is 0.0693. The third-order valence-electron chi connectivity index (χ3n) is 4.65. The molecule has 0 bridgehead atoms. The molecule has 3 rings (SSSR count). The molecule has 0 atom stereocenters. The van der Waals surface area contributed by atoms with E-state index in [4.69, 9.17) is 4.74 Å². The zero-order chi connectivity index (χ0) is 17.8. The number of amides is 4. The Morgan fingerprint density at radius 1 is 1.20 bits per heavy atom. The number of benzene rings is 1. The molecule has 2 fully saturated rings. The third kappa shape index (κ3) is 3.92. The third-order valence-corrected chi connectivity index (χ3v) is 4.65. The molecule has 0 spiro atoms. The van der Waals surface area contributed by atoms with Crippen LogP contribution in [0.15, 0.2) is 24.3 Å². The van der Waals surface area contributed by atoms with Crippen molar-refractivity contribution in [3.63, 3.8) is 0 Å². The molecule has 134 valence electrons. The summed E-state index contributed by atoms with van der Waals surface area (Å²) in [5.74, 6) is 0.692. The van der Waals surface area contributed by atoms with Crippen LogP contribution >= 0.6 is 0 Å². The Hall–Kier alpha value is -2.57. The molecule has 0 radical (unpaired) electrons. The van der Waals surface area contributed by atoms with Crippen molar-refractivity contribution in [3.05, 3.63) is 29.8 Å². The summed E-state index contributed by atoms with van der Waals surface area (Å²) in [6.45, 7) is 3.76. The maximum atomic E-state index is 12.5. The predicted molar refractivity (Wildman–Crippen MR) is 91.2 cm³/mol. The first-order valence-electron chi connectivity index (χ1n) is 8.68. The van der Waals surface area contributed by atoms with Gasteiger partial charge in [0.05, 0.1) is 19.6 Å². The van der Waals surface area contributed by atoms with Gasteiger partial charge in [0.15, 0.2) is 0 Å². The Kier molecular flexibility index (Phi) is 5.21. The summed E-state index contributed by atoms with van der Waals surface area (Å²) in [5, 5.41) is 2.54. The van der Waals surface area contributed by atoms with Gasteiger partial charge in [0, 0.05) is 19.1 Å². The number of carbonyl (C=O) groups is 3. The fourth-order valence-electron chi connectivity index (χ4n) is 3.33. The van der Waals surface area contributed by atoms with E-state index in [1.54, 1.807) is 0 Å². The first-order chi connectivity index (χ1) is 12.1. The number of nitrogens with one attached hydrogen (secondary N) is 1. The monoisotopic (exact) mass is 345 g/mol. The van der Waals surface area contributed by atoms with Crippen LogP contribution < -0.4 is 10.1 Å². The summed E-state index contributed by atoms with van der Waals surface area (Å²) in [4.78, 5) is 39.1. The number of urea groups is 1. The second-order valence-corrected chi connectivity index (χ2v) is 6.29. The quantitative estimate of drug-likeness (QED) is 0.813. The van der Waals surface area contributed by atoms with Gasteiger partial charge in [0.25, 0.3) is 0 Å². The van der Waals surface area contributed by atoms with Crippen molar-refractivity contribution in [2.45, 2.75) is 32.2 Å². The minimum Gasteiger partial charge on any atom is -0.494 e. The summed E-state index contributed by atoms with van der Waals surface area (Å²) in [5.41, 5.74) is 0.949. The van der Waals surface area contributed by atoms with Gasteiger partial charge < -0.3 is 15.0 Å². The molecule has 1 aromatic carbocycles. The van der Waals surface area contributed by atoms with Crippen molar-refractivity contribution in [1.82, 2.24) is 15.1 Å². The highest BCUT2D eigenvalue weighted by atomic mass is 16.5. The summed E-state index contributed by atoms with van der Waals surface area (Å²) in [6.07, 6.45) is 1.61.